The molecule has 0 radical (unpaired) electrons. The van der Waals surface area contributed by atoms with Crippen LogP contribution in [0.4, 0.5) is 0 Å². The summed E-state index contributed by atoms with van der Waals surface area (Å²) in [6.45, 7) is 3.13. The van der Waals surface area contributed by atoms with E-state index in [4.69, 9.17) is 11.5 Å². The molecule has 0 aliphatic rings. The smallest absolute Gasteiger partial charge is 0.00750 e. The average Bonchev–Trinajstić information content (AvgIpc) is 1.69. The van der Waals surface area contributed by atoms with Crippen molar-refractivity contribution >= 4 is 9.90 Å². The Bertz CT molecular complexity index is 30.5. The first kappa shape index (κ1) is 11.2. The van der Waals surface area contributed by atoms with E-state index < -0.39 is 0 Å². The monoisotopic (exact) mass is 137 g/mol. The maximum Gasteiger partial charge on any atom is 0.00750 e. The zero-order valence-electron chi connectivity index (χ0n) is 5.19. The van der Waals surface area contributed by atoms with Crippen LogP contribution in [0.1, 0.15) is 0 Å². The SMILES string of the molecule is NCCNCCN.P. The Kier molecular flexibility index (Phi) is 14.4. The highest BCUT2D eigenvalue weighted by atomic mass is 31.0. The summed E-state index contributed by atoms with van der Waals surface area (Å²) in [5.74, 6) is 0. The molecule has 4 heteroatoms. The molecule has 0 amide bonds. The highest BCUT2D eigenvalue weighted by Crippen LogP contribution is 1.49. The molecule has 0 heterocycles. The standard InChI is InChI=1S/C4H13N3.H3P/c5-1-3-7-4-2-6;/h7H,1-6H2;1H3. The third-order valence-electron chi connectivity index (χ3n) is 0.642. The first-order valence-electron chi connectivity index (χ1n) is 2.52. The summed E-state index contributed by atoms with van der Waals surface area (Å²) in [6, 6.07) is 0. The summed E-state index contributed by atoms with van der Waals surface area (Å²) in [5, 5.41) is 3.03. The number of hydrogen-bond acceptors (Lipinski definition) is 3. The number of rotatable bonds is 4. The third kappa shape index (κ3) is 9.58. The van der Waals surface area contributed by atoms with Gasteiger partial charge in [-0.2, -0.15) is 9.90 Å². The molecule has 0 saturated carbocycles. The van der Waals surface area contributed by atoms with Crippen LogP contribution in [-0.4, -0.2) is 26.2 Å². The number of nitrogens with two attached hydrogens (primary N) is 2. The maximum absolute atomic E-state index is 5.17. The molecule has 0 aromatic rings. The Labute approximate surface area is 53.8 Å². The molecule has 0 rings (SSSR count). The molecular weight excluding hydrogens is 121 g/mol. The normalized spacial score (nSPS) is 8.25. The van der Waals surface area contributed by atoms with Crippen molar-refractivity contribution < 1.29 is 0 Å². The molecule has 0 saturated heterocycles. The molecule has 0 bridgehead atoms. The van der Waals surface area contributed by atoms with Crippen molar-refractivity contribution in [3.8, 4) is 0 Å². The van der Waals surface area contributed by atoms with E-state index in [-0.39, 0.29) is 9.90 Å². The van der Waals surface area contributed by atoms with E-state index in [1.807, 2.05) is 0 Å². The summed E-state index contributed by atoms with van der Waals surface area (Å²) in [5.41, 5.74) is 10.3. The first-order chi connectivity index (χ1) is 3.41. The molecule has 5 N–H and O–H groups in total. The van der Waals surface area contributed by atoms with Gasteiger partial charge < -0.3 is 16.8 Å². The van der Waals surface area contributed by atoms with Gasteiger partial charge >= 0.3 is 0 Å². The lowest BCUT2D eigenvalue weighted by atomic mass is 10.6. The van der Waals surface area contributed by atoms with E-state index in [9.17, 15) is 0 Å². The Morgan fingerprint density at radius 2 is 1.38 bits per heavy atom. The van der Waals surface area contributed by atoms with Gasteiger partial charge in [0.15, 0.2) is 0 Å². The molecule has 8 heavy (non-hydrogen) atoms. The largest absolute Gasteiger partial charge is 0.329 e. The molecule has 0 aromatic carbocycles. The van der Waals surface area contributed by atoms with Crippen molar-refractivity contribution in [1.29, 1.82) is 0 Å². The van der Waals surface area contributed by atoms with E-state index in [1.165, 1.54) is 0 Å². The zero-order valence-corrected chi connectivity index (χ0v) is 6.60. The fraction of sp³-hybridized carbons (Fsp3) is 1.00. The predicted molar refractivity (Wildman–Crippen MR) is 42.1 cm³/mol. The summed E-state index contributed by atoms with van der Waals surface area (Å²) in [7, 11) is 0. The molecule has 0 aromatic heterocycles. The van der Waals surface area contributed by atoms with Gasteiger partial charge in [0.05, 0.1) is 0 Å². The van der Waals surface area contributed by atoms with Crippen LogP contribution in [-0.2, 0) is 0 Å². The highest BCUT2D eigenvalue weighted by Gasteiger charge is 1.76. The van der Waals surface area contributed by atoms with Crippen molar-refractivity contribution in [2.75, 3.05) is 26.2 Å². The summed E-state index contributed by atoms with van der Waals surface area (Å²) in [6.07, 6.45) is 0. The zero-order chi connectivity index (χ0) is 5.54. The topological polar surface area (TPSA) is 64.1 Å². The molecule has 1 atom stereocenters. The minimum Gasteiger partial charge on any atom is -0.329 e. The molecular formula is C4H16N3P. The van der Waals surface area contributed by atoms with Crippen LogP contribution in [0.25, 0.3) is 0 Å². The summed E-state index contributed by atoms with van der Waals surface area (Å²) in [4.78, 5) is 0. The van der Waals surface area contributed by atoms with Crippen molar-refractivity contribution in [3.63, 3.8) is 0 Å². The van der Waals surface area contributed by atoms with Crippen molar-refractivity contribution in [1.82, 2.24) is 5.32 Å². The lowest BCUT2D eigenvalue weighted by Crippen LogP contribution is -2.27. The number of hydrogen-bond donors (Lipinski definition) is 3. The highest BCUT2D eigenvalue weighted by molar-refractivity contribution is 6.92. The predicted octanol–water partition coefficient (Wildman–Crippen LogP) is -1.45. The van der Waals surface area contributed by atoms with Gasteiger partial charge in [0.25, 0.3) is 0 Å². The van der Waals surface area contributed by atoms with Gasteiger partial charge in [0, 0.05) is 26.2 Å². The Morgan fingerprint density at radius 1 is 1.00 bits per heavy atom. The molecule has 52 valence electrons. The lowest BCUT2D eigenvalue weighted by Gasteiger charge is -1.95. The quantitative estimate of drug-likeness (QED) is 0.328. The van der Waals surface area contributed by atoms with E-state index in [0.717, 1.165) is 13.1 Å². The second kappa shape index (κ2) is 10.3. The van der Waals surface area contributed by atoms with Crippen LogP contribution in [0.2, 0.25) is 0 Å². The van der Waals surface area contributed by atoms with Crippen LogP contribution >= 0.6 is 9.90 Å². The lowest BCUT2D eigenvalue weighted by molar-refractivity contribution is 0.696. The number of nitrogens with one attached hydrogen (secondary N) is 1. The Balaban J connectivity index is 0. The maximum atomic E-state index is 5.17. The molecule has 1 unspecified atom stereocenters. The van der Waals surface area contributed by atoms with Crippen LogP contribution in [0.5, 0.6) is 0 Å². The van der Waals surface area contributed by atoms with Gasteiger partial charge in [-0.05, 0) is 0 Å². The van der Waals surface area contributed by atoms with Gasteiger partial charge in [-0.3, -0.25) is 0 Å². The van der Waals surface area contributed by atoms with Gasteiger partial charge in [0.2, 0.25) is 0 Å². The Hall–Kier alpha value is 0.310. The average molecular weight is 137 g/mol. The van der Waals surface area contributed by atoms with E-state index in [1.54, 1.807) is 0 Å². The van der Waals surface area contributed by atoms with E-state index >= 15 is 0 Å². The van der Waals surface area contributed by atoms with E-state index in [2.05, 4.69) is 5.32 Å². The van der Waals surface area contributed by atoms with Crippen LogP contribution in [0.3, 0.4) is 0 Å². The summed E-state index contributed by atoms with van der Waals surface area (Å²) >= 11 is 0. The molecule has 3 nitrogen and oxygen atoms in total. The van der Waals surface area contributed by atoms with Crippen LogP contribution in [0.15, 0.2) is 0 Å². The fourth-order valence-corrected chi connectivity index (χ4v) is 0.329. The second-order valence-electron chi connectivity index (χ2n) is 1.33. The van der Waals surface area contributed by atoms with Crippen molar-refractivity contribution in [2.45, 2.75) is 0 Å². The van der Waals surface area contributed by atoms with Crippen molar-refractivity contribution in [3.05, 3.63) is 0 Å². The minimum atomic E-state index is 0. The summed E-state index contributed by atoms with van der Waals surface area (Å²) < 4.78 is 0. The van der Waals surface area contributed by atoms with E-state index in [0.29, 0.717) is 13.1 Å². The molecule has 0 fully saturated rings. The molecule has 0 aliphatic heterocycles. The van der Waals surface area contributed by atoms with Gasteiger partial charge in [-0.15, -0.1) is 0 Å². The minimum absolute atomic E-state index is 0. The second-order valence-corrected chi connectivity index (χ2v) is 1.33. The van der Waals surface area contributed by atoms with Gasteiger partial charge in [0.1, 0.15) is 0 Å². The van der Waals surface area contributed by atoms with Gasteiger partial charge in [-0.1, -0.05) is 0 Å². The molecule has 0 aliphatic carbocycles. The van der Waals surface area contributed by atoms with Crippen LogP contribution < -0.4 is 16.8 Å². The van der Waals surface area contributed by atoms with Crippen molar-refractivity contribution in [2.24, 2.45) is 11.5 Å². The first-order valence-corrected chi connectivity index (χ1v) is 2.52. The van der Waals surface area contributed by atoms with Crippen LogP contribution in [0, 0.1) is 0 Å². The Morgan fingerprint density at radius 3 is 1.62 bits per heavy atom. The fourth-order valence-electron chi connectivity index (χ4n) is 0.329. The third-order valence-corrected chi connectivity index (χ3v) is 0.642. The van der Waals surface area contributed by atoms with Gasteiger partial charge in [-0.25, -0.2) is 0 Å². The molecule has 0 spiro atoms.